The number of aliphatic hydroxyl groups is 2. The summed E-state index contributed by atoms with van der Waals surface area (Å²) >= 11 is 0. The van der Waals surface area contributed by atoms with Crippen LogP contribution in [-0.2, 0) is 4.74 Å². The third-order valence-corrected chi connectivity index (χ3v) is 8.93. The molecule has 3 heterocycles. The molecule has 0 saturated carbocycles. The molecule has 41 heavy (non-hydrogen) atoms. The van der Waals surface area contributed by atoms with Gasteiger partial charge >= 0.3 is 0 Å². The van der Waals surface area contributed by atoms with Crippen LogP contribution in [-0.4, -0.2) is 70.8 Å². The van der Waals surface area contributed by atoms with Crippen molar-refractivity contribution in [3.05, 3.63) is 59.2 Å². The number of nitrogens with two attached hydrogens (primary N) is 1. The molecule has 1 unspecified atom stereocenters. The van der Waals surface area contributed by atoms with Gasteiger partial charge in [-0.1, -0.05) is 32.0 Å². The molecule has 5 rings (SSSR count). The van der Waals surface area contributed by atoms with Crippen molar-refractivity contribution in [2.24, 2.45) is 16.6 Å². The molecule has 0 radical (unpaired) electrons. The van der Waals surface area contributed by atoms with E-state index in [1.165, 1.54) is 0 Å². The number of hydrogen-bond donors (Lipinski definition) is 4. The molecule has 222 valence electrons. The van der Waals surface area contributed by atoms with Crippen molar-refractivity contribution in [2.45, 2.75) is 82.5 Å². The third kappa shape index (κ3) is 5.24. The molecule has 0 spiro atoms. The van der Waals surface area contributed by atoms with Crippen LogP contribution in [0.1, 0.15) is 80.5 Å². The Morgan fingerprint density at radius 1 is 1.15 bits per heavy atom. The van der Waals surface area contributed by atoms with Crippen molar-refractivity contribution in [3.63, 3.8) is 0 Å². The minimum atomic E-state index is -0.974. The summed E-state index contributed by atoms with van der Waals surface area (Å²) in [6, 6.07) is 11.5. The fourth-order valence-electron chi connectivity index (χ4n) is 6.41. The molecular weight excluding hydrogens is 524 g/mol. The quantitative estimate of drug-likeness (QED) is 0.401. The number of benzene rings is 2. The van der Waals surface area contributed by atoms with Crippen molar-refractivity contribution < 1.29 is 29.2 Å². The van der Waals surface area contributed by atoms with Crippen LogP contribution in [0.5, 0.6) is 11.5 Å². The zero-order valence-corrected chi connectivity index (χ0v) is 24.5. The van der Waals surface area contributed by atoms with Crippen LogP contribution < -0.4 is 20.5 Å². The van der Waals surface area contributed by atoms with Crippen LogP contribution in [0.15, 0.2) is 47.5 Å². The molecule has 1 amide bonds. The average molecular weight is 567 g/mol. The maximum atomic E-state index is 13.7. The van der Waals surface area contributed by atoms with Gasteiger partial charge in [0.25, 0.3) is 5.91 Å². The predicted octanol–water partition coefficient (Wildman–Crippen LogP) is 3.28. The number of ether oxygens (including phenoxy) is 3. The van der Waals surface area contributed by atoms with E-state index in [-0.39, 0.29) is 17.8 Å². The van der Waals surface area contributed by atoms with Gasteiger partial charge in [0.05, 0.1) is 30.8 Å². The Kier molecular flexibility index (Phi) is 7.93. The lowest BCUT2D eigenvalue weighted by molar-refractivity contribution is -0.0627. The largest absolute Gasteiger partial charge is 0.493 e. The highest BCUT2D eigenvalue weighted by atomic mass is 16.5. The summed E-state index contributed by atoms with van der Waals surface area (Å²) in [6.07, 6.45) is 0.144. The van der Waals surface area contributed by atoms with E-state index in [1.807, 2.05) is 24.3 Å². The first kappa shape index (κ1) is 29.2. The SMILES string of the molecule is CCC1(CC)CC(O)N([C@H]2c3cc(C(=O)N[C@@H]4c5ccccc5OC(C)(C)[C@H]4O)ccc3OC[C@H]2COC)C(N)=N1. The van der Waals surface area contributed by atoms with Crippen molar-refractivity contribution in [3.8, 4) is 11.5 Å². The molecule has 0 aliphatic carbocycles. The third-order valence-electron chi connectivity index (χ3n) is 8.93. The van der Waals surface area contributed by atoms with Crippen LogP contribution in [0.25, 0.3) is 0 Å². The van der Waals surface area contributed by atoms with E-state index in [0.717, 1.165) is 18.4 Å². The van der Waals surface area contributed by atoms with Gasteiger partial charge in [0.1, 0.15) is 29.4 Å². The van der Waals surface area contributed by atoms with Gasteiger partial charge in [-0.3, -0.25) is 4.79 Å². The summed E-state index contributed by atoms with van der Waals surface area (Å²) in [7, 11) is 1.62. The number of guanidine groups is 1. The number of aliphatic imine (C=N–C) groups is 1. The molecule has 3 aliphatic rings. The Bertz CT molecular complexity index is 1310. The Balaban J connectivity index is 1.50. The number of nitrogens with zero attached hydrogens (tertiary/aromatic N) is 2. The number of methoxy groups -OCH3 is 1. The average Bonchev–Trinajstić information content (AvgIpc) is 2.95. The number of aliphatic hydroxyl groups excluding tert-OH is 2. The Hall–Kier alpha value is -3.34. The lowest BCUT2D eigenvalue weighted by Gasteiger charge is -2.48. The van der Waals surface area contributed by atoms with E-state index in [4.69, 9.17) is 24.9 Å². The summed E-state index contributed by atoms with van der Waals surface area (Å²) < 4.78 is 17.6. The number of rotatable bonds is 7. The fourth-order valence-corrected chi connectivity index (χ4v) is 6.41. The minimum Gasteiger partial charge on any atom is -0.493 e. The van der Waals surface area contributed by atoms with Gasteiger partial charge in [0.15, 0.2) is 5.96 Å². The van der Waals surface area contributed by atoms with Crippen molar-refractivity contribution >= 4 is 11.9 Å². The van der Waals surface area contributed by atoms with Crippen LogP contribution in [0.2, 0.25) is 0 Å². The van der Waals surface area contributed by atoms with E-state index in [9.17, 15) is 15.0 Å². The first-order chi connectivity index (χ1) is 19.5. The van der Waals surface area contributed by atoms with E-state index in [0.29, 0.717) is 42.3 Å². The Morgan fingerprint density at radius 2 is 1.88 bits per heavy atom. The Morgan fingerprint density at radius 3 is 2.56 bits per heavy atom. The lowest BCUT2D eigenvalue weighted by Crippen LogP contribution is -2.57. The standard InChI is InChI=1S/C31H42N4O6/c1-6-31(7-2)15-24(36)35(29(32)34-31)26-19(16-39-5)17-40-22-13-12-18(14-21(22)26)28(38)33-25-20-10-8-9-11-23(20)41-30(3,4)27(25)37/h8-14,19,24-27,36-37H,6-7,15-17H2,1-5H3,(H2,32,34)(H,33,38)/t19-,24?,25-,26-,27+/m1/s1. The number of carbonyl (C=O) groups excluding carboxylic acids is 1. The lowest BCUT2D eigenvalue weighted by atomic mass is 9.84. The van der Waals surface area contributed by atoms with Crippen molar-refractivity contribution in [2.75, 3.05) is 20.3 Å². The highest BCUT2D eigenvalue weighted by Gasteiger charge is 2.46. The van der Waals surface area contributed by atoms with Crippen LogP contribution in [0.3, 0.4) is 0 Å². The van der Waals surface area contributed by atoms with Crippen molar-refractivity contribution in [1.29, 1.82) is 0 Å². The molecule has 0 bridgehead atoms. The van der Waals surface area contributed by atoms with E-state index in [1.54, 1.807) is 44.1 Å². The molecule has 3 aliphatic heterocycles. The van der Waals surface area contributed by atoms with Crippen LogP contribution in [0.4, 0.5) is 0 Å². The van der Waals surface area contributed by atoms with Gasteiger partial charge in [-0.25, -0.2) is 4.99 Å². The van der Waals surface area contributed by atoms with E-state index in [2.05, 4.69) is 19.2 Å². The summed E-state index contributed by atoms with van der Waals surface area (Å²) in [5.41, 5.74) is 7.07. The number of amides is 1. The highest BCUT2D eigenvalue weighted by Crippen LogP contribution is 2.44. The molecular formula is C31H42N4O6. The van der Waals surface area contributed by atoms with Gasteiger partial charge in [-0.2, -0.15) is 0 Å². The smallest absolute Gasteiger partial charge is 0.251 e. The monoisotopic (exact) mass is 566 g/mol. The second-order valence-electron chi connectivity index (χ2n) is 11.9. The number of para-hydroxylation sites is 1. The summed E-state index contributed by atoms with van der Waals surface area (Å²) in [6.45, 7) is 8.43. The summed E-state index contributed by atoms with van der Waals surface area (Å²) in [5.74, 6) is 0.979. The molecule has 10 nitrogen and oxygen atoms in total. The second kappa shape index (κ2) is 11.2. The summed E-state index contributed by atoms with van der Waals surface area (Å²) in [4.78, 5) is 20.3. The molecule has 0 fully saturated rings. The van der Waals surface area contributed by atoms with Crippen LogP contribution >= 0.6 is 0 Å². The zero-order valence-electron chi connectivity index (χ0n) is 24.5. The highest BCUT2D eigenvalue weighted by molar-refractivity contribution is 5.95. The maximum absolute atomic E-state index is 13.7. The van der Waals surface area contributed by atoms with Gasteiger partial charge in [0, 0.05) is 36.1 Å². The van der Waals surface area contributed by atoms with E-state index >= 15 is 0 Å². The first-order valence-corrected chi connectivity index (χ1v) is 14.4. The van der Waals surface area contributed by atoms with Gasteiger partial charge in [-0.15, -0.1) is 0 Å². The van der Waals surface area contributed by atoms with Gasteiger partial charge in [-0.05, 0) is 51.0 Å². The normalized spacial score (nSPS) is 27.9. The van der Waals surface area contributed by atoms with Gasteiger partial charge in [0.2, 0.25) is 0 Å². The zero-order chi connectivity index (χ0) is 29.5. The number of carbonyl (C=O) groups is 1. The topological polar surface area (TPSA) is 139 Å². The molecule has 0 aromatic heterocycles. The molecule has 5 atom stereocenters. The minimum absolute atomic E-state index is 0.171. The molecule has 5 N–H and O–H groups in total. The van der Waals surface area contributed by atoms with Crippen molar-refractivity contribution in [1.82, 2.24) is 10.2 Å². The summed E-state index contributed by atoms with van der Waals surface area (Å²) in [5, 5.41) is 25.6. The second-order valence-corrected chi connectivity index (χ2v) is 11.9. The van der Waals surface area contributed by atoms with Gasteiger partial charge < -0.3 is 40.4 Å². The van der Waals surface area contributed by atoms with Crippen LogP contribution in [0, 0.1) is 5.92 Å². The molecule has 2 aromatic rings. The predicted molar refractivity (Wildman–Crippen MR) is 155 cm³/mol. The van der Waals surface area contributed by atoms with E-state index < -0.39 is 35.6 Å². The molecule has 10 heteroatoms. The fraction of sp³-hybridized carbons (Fsp3) is 0.548. The number of fused-ring (bicyclic) bond motifs is 2. The first-order valence-electron chi connectivity index (χ1n) is 14.4. The Labute approximate surface area is 241 Å². The molecule has 2 aromatic carbocycles. The maximum Gasteiger partial charge on any atom is 0.251 e. The molecule has 0 saturated heterocycles. The number of nitrogens with one attached hydrogen (secondary N) is 1. The number of hydrogen-bond acceptors (Lipinski definition) is 9.